The molecule has 2 aromatic carbocycles. The van der Waals surface area contributed by atoms with E-state index in [2.05, 4.69) is 41.4 Å². The Bertz CT molecular complexity index is 916. The number of carbonyl (C=O) groups is 1. The van der Waals surface area contributed by atoms with Crippen molar-refractivity contribution in [3.05, 3.63) is 60.2 Å². The number of rotatable bonds is 8. The second-order valence-corrected chi connectivity index (χ2v) is 9.20. The number of hydrogen-bond donors (Lipinski definition) is 1. The lowest BCUT2D eigenvalue weighted by molar-refractivity contribution is -0.121. The molecule has 3 rings (SSSR count). The van der Waals surface area contributed by atoms with Crippen LogP contribution in [0.3, 0.4) is 0 Å². The summed E-state index contributed by atoms with van der Waals surface area (Å²) in [6, 6.07) is 17.0. The number of sulfonamides is 1. The zero-order valence-electron chi connectivity index (χ0n) is 16.3. The smallest absolute Gasteiger partial charge is 0.243 e. The van der Waals surface area contributed by atoms with Crippen molar-refractivity contribution in [2.45, 2.75) is 30.7 Å². The third-order valence-electron chi connectivity index (χ3n) is 5.06. The summed E-state index contributed by atoms with van der Waals surface area (Å²) in [6.45, 7) is 3.39. The van der Waals surface area contributed by atoms with Gasteiger partial charge in [0.15, 0.2) is 0 Å². The van der Waals surface area contributed by atoms with Crippen molar-refractivity contribution in [1.82, 2.24) is 9.62 Å². The highest BCUT2D eigenvalue weighted by Gasteiger charge is 2.25. The molecule has 0 saturated carbocycles. The average molecular weight is 402 g/mol. The van der Waals surface area contributed by atoms with E-state index in [4.69, 9.17) is 0 Å². The van der Waals surface area contributed by atoms with Crippen LogP contribution in [0.15, 0.2) is 59.5 Å². The van der Waals surface area contributed by atoms with Crippen molar-refractivity contribution >= 4 is 21.6 Å². The van der Waals surface area contributed by atoms with Gasteiger partial charge in [0.1, 0.15) is 0 Å². The summed E-state index contributed by atoms with van der Waals surface area (Å²) in [5.74, 6) is -0.295. The van der Waals surface area contributed by atoms with Gasteiger partial charge in [-0.1, -0.05) is 36.4 Å². The Labute approximate surface area is 167 Å². The van der Waals surface area contributed by atoms with Crippen LogP contribution < -0.4 is 10.2 Å². The van der Waals surface area contributed by atoms with Gasteiger partial charge in [-0.05, 0) is 43.5 Å². The van der Waals surface area contributed by atoms with Gasteiger partial charge in [-0.25, -0.2) is 8.42 Å². The molecule has 150 valence electrons. The minimum Gasteiger partial charge on any atom is -0.368 e. The maximum Gasteiger partial charge on any atom is 0.243 e. The molecule has 28 heavy (non-hydrogen) atoms. The van der Waals surface area contributed by atoms with Gasteiger partial charge in [0.05, 0.1) is 11.4 Å². The number of nitrogens with zero attached hydrogens (tertiary/aromatic N) is 2. The highest BCUT2D eigenvalue weighted by Crippen LogP contribution is 2.31. The SMILES string of the molecule is CC1Cc2ccccc2N1CCCNC(=O)CN(C)S(=O)(=O)c1ccccc1. The highest BCUT2D eigenvalue weighted by molar-refractivity contribution is 7.89. The number of benzene rings is 2. The Hall–Kier alpha value is -2.38. The van der Waals surface area contributed by atoms with Crippen LogP contribution >= 0.6 is 0 Å². The predicted molar refractivity (Wildman–Crippen MR) is 111 cm³/mol. The number of likely N-dealkylation sites (N-methyl/N-ethyl adjacent to an activating group) is 1. The van der Waals surface area contributed by atoms with Crippen molar-refractivity contribution in [1.29, 1.82) is 0 Å². The fraction of sp³-hybridized carbons (Fsp3) is 0.381. The minimum absolute atomic E-state index is 0.187. The quantitative estimate of drug-likeness (QED) is 0.689. The Morgan fingerprint density at radius 1 is 1.14 bits per heavy atom. The third kappa shape index (κ3) is 4.54. The molecule has 0 saturated heterocycles. The summed E-state index contributed by atoms with van der Waals surface area (Å²) in [4.78, 5) is 14.7. The van der Waals surface area contributed by atoms with Crippen LogP contribution in [0.1, 0.15) is 18.9 Å². The third-order valence-corrected chi connectivity index (χ3v) is 6.88. The van der Waals surface area contributed by atoms with Crippen molar-refractivity contribution in [2.24, 2.45) is 0 Å². The van der Waals surface area contributed by atoms with E-state index in [0.29, 0.717) is 12.6 Å². The van der Waals surface area contributed by atoms with Gasteiger partial charge in [-0.3, -0.25) is 4.79 Å². The van der Waals surface area contributed by atoms with E-state index < -0.39 is 10.0 Å². The zero-order valence-corrected chi connectivity index (χ0v) is 17.2. The fourth-order valence-corrected chi connectivity index (χ4v) is 4.71. The largest absolute Gasteiger partial charge is 0.368 e. The second kappa shape index (κ2) is 8.75. The van der Waals surface area contributed by atoms with E-state index in [0.717, 1.165) is 23.7 Å². The lowest BCUT2D eigenvalue weighted by atomic mass is 10.1. The number of carbonyl (C=O) groups excluding carboxylic acids is 1. The Morgan fingerprint density at radius 3 is 2.57 bits per heavy atom. The molecule has 0 bridgehead atoms. The zero-order chi connectivity index (χ0) is 20.1. The van der Waals surface area contributed by atoms with Gasteiger partial charge in [-0.15, -0.1) is 0 Å². The van der Waals surface area contributed by atoms with E-state index in [1.54, 1.807) is 18.2 Å². The Morgan fingerprint density at radius 2 is 1.82 bits per heavy atom. The summed E-state index contributed by atoms with van der Waals surface area (Å²) < 4.78 is 26.0. The van der Waals surface area contributed by atoms with Gasteiger partial charge in [0.2, 0.25) is 15.9 Å². The van der Waals surface area contributed by atoms with Crippen LogP contribution in [0.25, 0.3) is 0 Å². The molecule has 1 aliphatic rings. The Balaban J connectivity index is 1.45. The summed E-state index contributed by atoms with van der Waals surface area (Å²) in [5.41, 5.74) is 2.64. The van der Waals surface area contributed by atoms with Crippen molar-refractivity contribution in [2.75, 3.05) is 31.6 Å². The van der Waals surface area contributed by atoms with Gasteiger partial charge < -0.3 is 10.2 Å². The summed E-state index contributed by atoms with van der Waals surface area (Å²) >= 11 is 0. The van der Waals surface area contributed by atoms with Gasteiger partial charge in [0.25, 0.3) is 0 Å². The molecule has 1 heterocycles. The standard InChI is InChI=1S/C21H27N3O3S/c1-17-15-18-9-6-7-12-20(18)24(17)14-8-13-22-21(25)16-23(2)28(26,27)19-10-4-3-5-11-19/h3-7,9-12,17H,8,13-16H2,1-2H3,(H,22,25). The number of nitrogens with one attached hydrogen (secondary N) is 1. The topological polar surface area (TPSA) is 69.7 Å². The number of amides is 1. The van der Waals surface area contributed by atoms with Crippen LogP contribution in [0, 0.1) is 0 Å². The van der Waals surface area contributed by atoms with E-state index in [1.165, 1.54) is 30.4 Å². The molecular formula is C21H27N3O3S. The first-order valence-corrected chi connectivity index (χ1v) is 11.0. The average Bonchev–Trinajstić information content (AvgIpc) is 3.01. The van der Waals surface area contributed by atoms with Crippen LogP contribution in [-0.4, -0.2) is 51.4 Å². The first-order chi connectivity index (χ1) is 13.4. The van der Waals surface area contributed by atoms with E-state index in [1.807, 2.05) is 0 Å². The molecule has 1 atom stereocenters. The van der Waals surface area contributed by atoms with Crippen molar-refractivity contribution < 1.29 is 13.2 Å². The molecule has 1 unspecified atom stereocenters. The maximum atomic E-state index is 12.5. The first kappa shape index (κ1) is 20.4. The van der Waals surface area contributed by atoms with Crippen LogP contribution in [0.4, 0.5) is 5.69 Å². The molecule has 1 aliphatic heterocycles. The first-order valence-electron chi connectivity index (χ1n) is 9.52. The molecule has 0 radical (unpaired) electrons. The monoisotopic (exact) mass is 401 g/mol. The summed E-state index contributed by atoms with van der Waals surface area (Å²) in [7, 11) is -2.23. The molecule has 6 nitrogen and oxygen atoms in total. The number of anilines is 1. The molecule has 7 heteroatoms. The number of fused-ring (bicyclic) bond motifs is 1. The van der Waals surface area contributed by atoms with Crippen molar-refractivity contribution in [3.8, 4) is 0 Å². The number of para-hydroxylation sites is 1. The second-order valence-electron chi connectivity index (χ2n) is 7.15. The molecule has 0 aromatic heterocycles. The summed E-state index contributed by atoms with van der Waals surface area (Å²) in [6.07, 6.45) is 1.85. The molecule has 2 aromatic rings. The molecule has 1 N–H and O–H groups in total. The lowest BCUT2D eigenvalue weighted by Crippen LogP contribution is -2.39. The van der Waals surface area contributed by atoms with Gasteiger partial charge in [0, 0.05) is 31.9 Å². The van der Waals surface area contributed by atoms with Crippen LogP contribution in [-0.2, 0) is 21.2 Å². The minimum atomic E-state index is -3.65. The maximum absolute atomic E-state index is 12.5. The van der Waals surface area contributed by atoms with E-state index >= 15 is 0 Å². The number of hydrogen-bond acceptors (Lipinski definition) is 4. The molecular weight excluding hydrogens is 374 g/mol. The summed E-state index contributed by atoms with van der Waals surface area (Å²) in [5, 5.41) is 2.83. The molecule has 0 aliphatic carbocycles. The highest BCUT2D eigenvalue weighted by atomic mass is 32.2. The van der Waals surface area contributed by atoms with E-state index in [-0.39, 0.29) is 17.3 Å². The normalized spacial score (nSPS) is 16.2. The molecule has 1 amide bonds. The van der Waals surface area contributed by atoms with Crippen LogP contribution in [0.5, 0.6) is 0 Å². The fourth-order valence-electron chi connectivity index (χ4n) is 3.56. The van der Waals surface area contributed by atoms with E-state index in [9.17, 15) is 13.2 Å². The van der Waals surface area contributed by atoms with Gasteiger partial charge >= 0.3 is 0 Å². The lowest BCUT2D eigenvalue weighted by Gasteiger charge is -2.25. The molecule has 0 spiro atoms. The van der Waals surface area contributed by atoms with Gasteiger partial charge in [-0.2, -0.15) is 4.31 Å². The Kier molecular flexibility index (Phi) is 6.36. The molecule has 0 fully saturated rings. The predicted octanol–water partition coefficient (Wildman–Crippen LogP) is 2.26. The van der Waals surface area contributed by atoms with Crippen LogP contribution in [0.2, 0.25) is 0 Å². The van der Waals surface area contributed by atoms with Crippen molar-refractivity contribution in [3.63, 3.8) is 0 Å².